The molecule has 0 aliphatic heterocycles. The molecule has 0 saturated heterocycles. The zero-order valence-corrected chi connectivity index (χ0v) is 23.4. The maximum Gasteiger partial charge on any atom is 0.101 e. The van der Waals surface area contributed by atoms with Gasteiger partial charge in [0.15, 0.2) is 0 Å². The van der Waals surface area contributed by atoms with Crippen LogP contribution in [0.1, 0.15) is 114 Å². The minimum Gasteiger partial charge on any atom is -0.545 e. The van der Waals surface area contributed by atoms with Crippen molar-refractivity contribution < 1.29 is 25.0 Å². The second kappa shape index (κ2) is 24.8. The van der Waals surface area contributed by atoms with Crippen LogP contribution in [-0.2, 0) is 0 Å². The van der Waals surface area contributed by atoms with E-state index in [1.807, 2.05) is 0 Å². The summed E-state index contributed by atoms with van der Waals surface area (Å²) in [6.07, 6.45) is 21.0. The van der Waals surface area contributed by atoms with Crippen LogP contribution in [0.4, 0.5) is 0 Å². The summed E-state index contributed by atoms with van der Waals surface area (Å²) in [5.41, 5.74) is 0.0272. The highest BCUT2D eigenvalue weighted by Crippen LogP contribution is 2.22. The molecule has 0 bridgehead atoms. The fourth-order valence-electron chi connectivity index (χ4n) is 4.06. The number of carbonyl (C=O) groups is 1. The van der Waals surface area contributed by atoms with E-state index in [-0.39, 0.29) is 23.8 Å². The first kappa shape index (κ1) is 34.1. The lowest BCUT2D eigenvalue weighted by Crippen LogP contribution is -3.13. The van der Waals surface area contributed by atoms with Crippen LogP contribution in [0, 0.1) is 0 Å². The van der Waals surface area contributed by atoms with Crippen molar-refractivity contribution in [2.45, 2.75) is 103 Å². The van der Waals surface area contributed by atoms with Crippen LogP contribution >= 0.6 is 23.2 Å². The molecule has 0 atom stereocenters. The standard InChI is InChI=1S/C21H45NO2.C7H4Cl2O2/c1-2-3-4-5-6-7-8-9-10-11-12-13-14-15-16-17-22(18-20-23)19-21-24;8-5-2-1-4(7(10)11)3-6(5)9/h23-24H,2-21H2,1H3;1-3H,(H,10,11). The summed E-state index contributed by atoms with van der Waals surface area (Å²) in [7, 11) is 0. The molecule has 0 aromatic heterocycles. The molecule has 7 heteroatoms. The van der Waals surface area contributed by atoms with Crippen LogP contribution in [-0.4, -0.2) is 49.0 Å². The van der Waals surface area contributed by atoms with Crippen molar-refractivity contribution in [3.63, 3.8) is 0 Å². The molecular weight excluding hydrogens is 485 g/mol. The molecule has 0 radical (unpaired) electrons. The molecule has 0 amide bonds. The van der Waals surface area contributed by atoms with Crippen molar-refractivity contribution in [1.82, 2.24) is 0 Å². The average Bonchev–Trinajstić information content (AvgIpc) is 2.83. The number of aliphatic hydroxyl groups is 2. The van der Waals surface area contributed by atoms with E-state index in [0.29, 0.717) is 5.02 Å². The fraction of sp³-hybridized carbons (Fsp3) is 0.750. The van der Waals surface area contributed by atoms with E-state index < -0.39 is 5.97 Å². The Morgan fingerprint density at radius 1 is 0.714 bits per heavy atom. The number of carboxylic acid groups (broad SMARTS) is 1. The fourth-order valence-corrected chi connectivity index (χ4v) is 4.36. The third-order valence-electron chi connectivity index (χ3n) is 6.22. The number of halogens is 2. The lowest BCUT2D eigenvalue weighted by atomic mass is 10.0. The maximum atomic E-state index is 10.3. The quantitative estimate of drug-likeness (QED) is 0.192. The van der Waals surface area contributed by atoms with E-state index in [4.69, 9.17) is 33.4 Å². The predicted octanol–water partition coefficient (Wildman–Crippen LogP) is 5.08. The zero-order valence-electron chi connectivity index (χ0n) is 21.8. The lowest BCUT2D eigenvalue weighted by Gasteiger charge is -2.17. The van der Waals surface area contributed by atoms with E-state index in [1.54, 1.807) is 0 Å². The molecule has 0 heterocycles. The van der Waals surface area contributed by atoms with Gasteiger partial charge in [-0.05, 0) is 30.5 Å². The number of aromatic carboxylic acids is 1. The van der Waals surface area contributed by atoms with Gasteiger partial charge in [0, 0.05) is 0 Å². The van der Waals surface area contributed by atoms with Gasteiger partial charge >= 0.3 is 0 Å². The highest BCUT2D eigenvalue weighted by molar-refractivity contribution is 6.42. The Morgan fingerprint density at radius 2 is 1.14 bits per heavy atom. The first-order chi connectivity index (χ1) is 17.0. The van der Waals surface area contributed by atoms with E-state index >= 15 is 0 Å². The minimum atomic E-state index is -1.26. The van der Waals surface area contributed by atoms with Gasteiger partial charge < -0.3 is 25.0 Å². The molecule has 1 aromatic carbocycles. The molecule has 0 spiro atoms. The third-order valence-corrected chi connectivity index (χ3v) is 6.96. The van der Waals surface area contributed by atoms with Crippen LogP contribution in [0.15, 0.2) is 18.2 Å². The van der Waals surface area contributed by atoms with Gasteiger partial charge in [-0.25, -0.2) is 0 Å². The second-order valence-electron chi connectivity index (χ2n) is 9.31. The van der Waals surface area contributed by atoms with Crippen molar-refractivity contribution in [2.24, 2.45) is 0 Å². The smallest absolute Gasteiger partial charge is 0.101 e. The van der Waals surface area contributed by atoms with Crippen LogP contribution in [0.3, 0.4) is 0 Å². The summed E-state index contributed by atoms with van der Waals surface area (Å²) in [6.45, 7) is 5.39. The van der Waals surface area contributed by atoms with Crippen molar-refractivity contribution >= 4 is 29.2 Å². The molecule has 0 aliphatic rings. The van der Waals surface area contributed by atoms with Crippen LogP contribution < -0.4 is 10.0 Å². The van der Waals surface area contributed by atoms with Crippen molar-refractivity contribution in [3.05, 3.63) is 33.8 Å². The molecular formula is C28H49Cl2NO4. The second-order valence-corrected chi connectivity index (χ2v) is 10.1. The Labute approximate surface area is 223 Å². The molecule has 0 unspecified atom stereocenters. The normalized spacial score (nSPS) is 10.9. The number of carbonyl (C=O) groups excluding carboxylic acids is 1. The van der Waals surface area contributed by atoms with E-state index in [1.165, 1.54) is 119 Å². The number of hydrogen-bond acceptors (Lipinski definition) is 4. The summed E-state index contributed by atoms with van der Waals surface area (Å²) in [5, 5.41) is 28.8. The summed E-state index contributed by atoms with van der Waals surface area (Å²) < 4.78 is 0. The molecule has 5 nitrogen and oxygen atoms in total. The molecule has 0 saturated carbocycles. The highest BCUT2D eigenvalue weighted by atomic mass is 35.5. The topological polar surface area (TPSA) is 85.0 Å². The third kappa shape index (κ3) is 21.0. The Bertz CT molecular complexity index is 625. The first-order valence-corrected chi connectivity index (χ1v) is 14.4. The zero-order chi connectivity index (χ0) is 26.2. The monoisotopic (exact) mass is 533 g/mol. The van der Waals surface area contributed by atoms with Gasteiger partial charge in [0.05, 0.1) is 35.8 Å². The largest absolute Gasteiger partial charge is 0.545 e. The molecule has 35 heavy (non-hydrogen) atoms. The summed E-state index contributed by atoms with van der Waals surface area (Å²) in [6, 6.07) is 4.00. The van der Waals surface area contributed by atoms with Crippen LogP contribution in [0.5, 0.6) is 0 Å². The number of quaternary nitrogens is 1. The van der Waals surface area contributed by atoms with E-state index in [9.17, 15) is 9.90 Å². The SMILES string of the molecule is CCCCCCCCCCCCCCCCC[NH+](CCO)CCO.O=C([O-])c1ccc(Cl)c(Cl)c1. The number of unbranched alkanes of at least 4 members (excludes halogenated alkanes) is 14. The Morgan fingerprint density at radius 3 is 1.51 bits per heavy atom. The van der Waals surface area contributed by atoms with Crippen molar-refractivity contribution in [2.75, 3.05) is 32.8 Å². The summed E-state index contributed by atoms with van der Waals surface area (Å²) in [4.78, 5) is 11.6. The van der Waals surface area contributed by atoms with Gasteiger partial charge in [-0.1, -0.05) is 120 Å². The number of benzene rings is 1. The molecule has 1 rings (SSSR count). The Kier molecular flexibility index (Phi) is 24.2. The lowest BCUT2D eigenvalue weighted by molar-refractivity contribution is -0.901. The highest BCUT2D eigenvalue weighted by Gasteiger charge is 2.06. The van der Waals surface area contributed by atoms with Crippen LogP contribution in [0.25, 0.3) is 0 Å². The van der Waals surface area contributed by atoms with Gasteiger partial charge in [0.2, 0.25) is 0 Å². The van der Waals surface area contributed by atoms with Gasteiger partial charge in [0.25, 0.3) is 0 Å². The van der Waals surface area contributed by atoms with Gasteiger partial charge in [-0.2, -0.15) is 0 Å². The Hall–Kier alpha value is -0.850. The number of carboxylic acids is 1. The molecule has 0 fully saturated rings. The average molecular weight is 535 g/mol. The number of aliphatic hydroxyl groups excluding tert-OH is 2. The number of hydrogen-bond donors (Lipinski definition) is 3. The van der Waals surface area contributed by atoms with E-state index in [0.717, 1.165) is 19.6 Å². The Balaban J connectivity index is 0.000000867. The number of rotatable bonds is 21. The predicted molar refractivity (Wildman–Crippen MR) is 145 cm³/mol. The van der Waals surface area contributed by atoms with Gasteiger partial charge in [0.1, 0.15) is 13.1 Å². The van der Waals surface area contributed by atoms with Crippen molar-refractivity contribution in [1.29, 1.82) is 0 Å². The number of nitrogens with one attached hydrogen (secondary N) is 1. The summed E-state index contributed by atoms with van der Waals surface area (Å²) in [5.74, 6) is -1.26. The molecule has 204 valence electrons. The summed E-state index contributed by atoms with van der Waals surface area (Å²) >= 11 is 11.1. The molecule has 3 N–H and O–H groups in total. The molecule has 0 aliphatic carbocycles. The van der Waals surface area contributed by atoms with Crippen LogP contribution in [0.2, 0.25) is 10.0 Å². The first-order valence-electron chi connectivity index (χ1n) is 13.7. The van der Waals surface area contributed by atoms with Crippen molar-refractivity contribution in [3.8, 4) is 0 Å². The maximum absolute atomic E-state index is 10.3. The van der Waals surface area contributed by atoms with Gasteiger partial charge in [-0.15, -0.1) is 0 Å². The van der Waals surface area contributed by atoms with E-state index in [2.05, 4.69) is 6.92 Å². The molecule has 1 aromatic rings. The van der Waals surface area contributed by atoms with Gasteiger partial charge in [-0.3, -0.25) is 0 Å². The minimum absolute atomic E-state index is 0.0272.